The zero-order chi connectivity index (χ0) is 28.0. The molecule has 200 valence electrons. The topological polar surface area (TPSA) is 75.4 Å². The molecule has 0 saturated heterocycles. The number of hydrogen-bond donors (Lipinski definition) is 1. The number of nitrogens with zero attached hydrogens (tertiary/aromatic N) is 2. The molecule has 2 amide bonds. The van der Waals surface area contributed by atoms with Crippen molar-refractivity contribution in [2.75, 3.05) is 11.9 Å². The average Bonchev–Trinajstić information content (AvgIpc) is 3.72. The number of furan rings is 1. The fraction of sp³-hybridized carbons (Fsp3) is 0.129. The number of rotatable bonds is 6. The van der Waals surface area contributed by atoms with Gasteiger partial charge in [-0.2, -0.15) is 0 Å². The number of nitrogens with one attached hydrogen (secondary N) is 1. The number of carbonyl (C=O) groups excluding carboxylic acids is 2. The van der Waals surface area contributed by atoms with Crippen LogP contribution in [0.15, 0.2) is 83.4 Å². The van der Waals surface area contributed by atoms with Crippen molar-refractivity contribution in [3.63, 3.8) is 0 Å². The van der Waals surface area contributed by atoms with E-state index in [1.165, 1.54) is 42.3 Å². The Kier molecular flexibility index (Phi) is 6.56. The number of halogens is 3. The fourth-order valence-electron chi connectivity index (χ4n) is 4.77. The molecular formula is C31H22ClF2N3O3. The lowest BCUT2D eigenvalue weighted by Gasteiger charge is -2.22. The van der Waals surface area contributed by atoms with Crippen LogP contribution >= 0.6 is 11.6 Å². The number of carbonyl (C=O) groups is 2. The molecule has 6 rings (SSSR count). The van der Waals surface area contributed by atoms with Crippen molar-refractivity contribution in [3.05, 3.63) is 107 Å². The predicted molar refractivity (Wildman–Crippen MR) is 149 cm³/mol. The molecule has 1 saturated carbocycles. The SMILES string of the molecule is CNC(=O)c1c(-c2ccc(F)cc2)oc2ccc(-c3cc(C(=O)N(c4ccccn4)C4CC4)c(F)cc3Cl)cc12. The second-order valence-corrected chi connectivity index (χ2v) is 9.92. The van der Waals surface area contributed by atoms with Crippen LogP contribution in [-0.4, -0.2) is 29.9 Å². The van der Waals surface area contributed by atoms with Crippen molar-refractivity contribution < 1.29 is 22.8 Å². The summed E-state index contributed by atoms with van der Waals surface area (Å²) in [6.07, 6.45) is 3.20. The number of anilines is 1. The summed E-state index contributed by atoms with van der Waals surface area (Å²) in [6, 6.07) is 18.5. The zero-order valence-electron chi connectivity index (χ0n) is 21.3. The smallest absolute Gasteiger partial charge is 0.262 e. The van der Waals surface area contributed by atoms with Crippen LogP contribution in [0.5, 0.6) is 0 Å². The van der Waals surface area contributed by atoms with E-state index in [1.807, 2.05) is 0 Å². The Balaban J connectivity index is 1.47. The van der Waals surface area contributed by atoms with E-state index in [9.17, 15) is 14.0 Å². The Morgan fingerprint density at radius 2 is 1.75 bits per heavy atom. The first-order valence-electron chi connectivity index (χ1n) is 12.6. The molecule has 5 aromatic rings. The molecule has 0 unspecified atom stereocenters. The van der Waals surface area contributed by atoms with Gasteiger partial charge in [0.1, 0.15) is 28.8 Å². The summed E-state index contributed by atoms with van der Waals surface area (Å²) in [4.78, 5) is 32.4. The van der Waals surface area contributed by atoms with E-state index in [0.717, 1.165) is 18.9 Å². The first kappa shape index (κ1) is 25.7. The molecule has 0 bridgehead atoms. The van der Waals surface area contributed by atoms with Crippen LogP contribution in [0.4, 0.5) is 14.6 Å². The van der Waals surface area contributed by atoms with Crippen LogP contribution in [0.2, 0.25) is 5.02 Å². The molecule has 1 N–H and O–H groups in total. The van der Waals surface area contributed by atoms with Gasteiger partial charge in [0.2, 0.25) is 0 Å². The molecule has 6 nitrogen and oxygen atoms in total. The van der Waals surface area contributed by atoms with Gasteiger partial charge >= 0.3 is 0 Å². The van der Waals surface area contributed by atoms with Crippen molar-refractivity contribution in [1.29, 1.82) is 0 Å². The predicted octanol–water partition coefficient (Wildman–Crippen LogP) is 7.26. The standard InChI is InChI=1S/C31H22ClF2N3O3/c1-35-30(38)28-23-14-18(7-12-26(23)40-29(28)17-5-8-19(33)9-6-17)21-15-22(25(34)16-24(21)32)31(39)37(20-10-11-20)27-4-2-3-13-36-27/h2-9,12-16,20H,10-11H2,1H3,(H,35,38). The molecule has 0 radical (unpaired) electrons. The van der Waals surface area contributed by atoms with Gasteiger partial charge in [0.05, 0.1) is 16.1 Å². The number of pyridine rings is 1. The highest BCUT2D eigenvalue weighted by molar-refractivity contribution is 6.33. The zero-order valence-corrected chi connectivity index (χ0v) is 22.0. The quantitative estimate of drug-likeness (QED) is 0.238. The van der Waals surface area contributed by atoms with E-state index in [2.05, 4.69) is 10.3 Å². The second kappa shape index (κ2) is 10.2. The van der Waals surface area contributed by atoms with Crippen LogP contribution in [0.3, 0.4) is 0 Å². The van der Waals surface area contributed by atoms with E-state index in [-0.39, 0.29) is 28.0 Å². The highest BCUT2D eigenvalue weighted by Crippen LogP contribution is 2.39. The molecule has 3 aromatic carbocycles. The molecule has 1 fully saturated rings. The van der Waals surface area contributed by atoms with Crippen LogP contribution in [-0.2, 0) is 0 Å². The Morgan fingerprint density at radius 1 is 1.00 bits per heavy atom. The number of aromatic nitrogens is 1. The number of benzene rings is 3. The van der Waals surface area contributed by atoms with Crippen LogP contribution < -0.4 is 10.2 Å². The lowest BCUT2D eigenvalue weighted by molar-refractivity contribution is 0.0961. The van der Waals surface area contributed by atoms with Crippen molar-refractivity contribution in [1.82, 2.24) is 10.3 Å². The summed E-state index contributed by atoms with van der Waals surface area (Å²) in [7, 11) is 1.50. The van der Waals surface area contributed by atoms with E-state index < -0.39 is 23.4 Å². The molecule has 0 spiro atoms. The van der Waals surface area contributed by atoms with Gasteiger partial charge in [-0.3, -0.25) is 14.5 Å². The molecule has 2 aromatic heterocycles. The molecule has 2 heterocycles. The Hall–Kier alpha value is -4.56. The molecule has 0 atom stereocenters. The maximum atomic E-state index is 15.2. The Morgan fingerprint density at radius 3 is 2.42 bits per heavy atom. The minimum absolute atomic E-state index is 0.0526. The van der Waals surface area contributed by atoms with Gasteiger partial charge in [0.15, 0.2) is 0 Å². The van der Waals surface area contributed by atoms with E-state index in [4.69, 9.17) is 16.0 Å². The Bertz CT molecular complexity index is 1770. The van der Waals surface area contributed by atoms with Crippen molar-refractivity contribution in [2.45, 2.75) is 18.9 Å². The minimum Gasteiger partial charge on any atom is -0.455 e. The summed E-state index contributed by atoms with van der Waals surface area (Å²) < 4.78 is 34.8. The molecular weight excluding hydrogens is 536 g/mol. The van der Waals surface area contributed by atoms with Crippen molar-refractivity contribution in [2.24, 2.45) is 0 Å². The van der Waals surface area contributed by atoms with Crippen LogP contribution in [0.25, 0.3) is 33.4 Å². The minimum atomic E-state index is -0.741. The highest BCUT2D eigenvalue weighted by atomic mass is 35.5. The third-order valence-electron chi connectivity index (χ3n) is 6.87. The summed E-state index contributed by atoms with van der Waals surface area (Å²) in [6.45, 7) is 0. The number of fused-ring (bicyclic) bond motifs is 1. The third kappa shape index (κ3) is 4.60. The monoisotopic (exact) mass is 557 g/mol. The van der Waals surface area contributed by atoms with Gasteiger partial charge in [0, 0.05) is 35.8 Å². The first-order valence-corrected chi connectivity index (χ1v) is 13.0. The van der Waals surface area contributed by atoms with E-state index >= 15 is 4.39 Å². The summed E-state index contributed by atoms with van der Waals surface area (Å²) in [5.41, 5.74) is 2.04. The van der Waals surface area contributed by atoms with Crippen molar-refractivity contribution in [3.8, 4) is 22.5 Å². The van der Waals surface area contributed by atoms with Gasteiger partial charge in [-0.15, -0.1) is 0 Å². The van der Waals surface area contributed by atoms with Crippen molar-refractivity contribution >= 4 is 40.2 Å². The lowest BCUT2D eigenvalue weighted by Crippen LogP contribution is -2.34. The van der Waals surface area contributed by atoms with E-state index in [0.29, 0.717) is 33.5 Å². The second-order valence-electron chi connectivity index (χ2n) is 9.51. The Labute approximate surface area is 233 Å². The fourth-order valence-corrected chi connectivity index (χ4v) is 5.03. The van der Waals surface area contributed by atoms with Gasteiger partial charge in [-0.05, 0) is 79.1 Å². The largest absolute Gasteiger partial charge is 0.455 e. The van der Waals surface area contributed by atoms with Gasteiger partial charge in [-0.25, -0.2) is 13.8 Å². The van der Waals surface area contributed by atoms with Crippen LogP contribution in [0.1, 0.15) is 33.6 Å². The maximum Gasteiger partial charge on any atom is 0.262 e. The van der Waals surface area contributed by atoms with Crippen LogP contribution in [0, 0.1) is 11.6 Å². The van der Waals surface area contributed by atoms with E-state index in [1.54, 1.807) is 42.6 Å². The van der Waals surface area contributed by atoms with Gasteiger partial charge < -0.3 is 9.73 Å². The molecule has 0 aliphatic heterocycles. The highest BCUT2D eigenvalue weighted by Gasteiger charge is 2.36. The lowest BCUT2D eigenvalue weighted by atomic mass is 9.98. The summed E-state index contributed by atoms with van der Waals surface area (Å²) in [5.74, 6) is -1.33. The average molecular weight is 558 g/mol. The number of amides is 2. The molecule has 40 heavy (non-hydrogen) atoms. The number of hydrogen-bond acceptors (Lipinski definition) is 4. The molecule has 1 aliphatic carbocycles. The van der Waals surface area contributed by atoms with Gasteiger partial charge in [0.25, 0.3) is 11.8 Å². The normalized spacial score (nSPS) is 12.9. The first-order chi connectivity index (χ1) is 19.4. The summed E-state index contributed by atoms with van der Waals surface area (Å²) >= 11 is 6.49. The van der Waals surface area contributed by atoms with Gasteiger partial charge in [-0.1, -0.05) is 23.7 Å². The molecule has 1 aliphatic rings. The summed E-state index contributed by atoms with van der Waals surface area (Å²) in [5, 5.41) is 3.21. The maximum absolute atomic E-state index is 15.2. The third-order valence-corrected chi connectivity index (χ3v) is 7.19. The molecule has 9 heteroatoms.